The molecule has 2 aliphatic heterocycles. The van der Waals surface area contributed by atoms with Crippen LogP contribution >= 0.6 is 0 Å². The Morgan fingerprint density at radius 2 is 1.47 bits per heavy atom. The summed E-state index contributed by atoms with van der Waals surface area (Å²) in [6, 6.07) is 10.6. The van der Waals surface area contributed by atoms with Crippen LogP contribution in [0, 0.1) is 0 Å². The second-order valence-corrected chi connectivity index (χ2v) is 7.33. The second-order valence-electron chi connectivity index (χ2n) is 7.33. The minimum Gasteiger partial charge on any atom is -0.490 e. The largest absolute Gasteiger partial charge is 0.490 e. The quantitative estimate of drug-likeness (QED) is 0.733. The third kappa shape index (κ3) is 4.67. The maximum Gasteiger partial charge on any atom is 0.220 e. The van der Waals surface area contributed by atoms with Crippen molar-refractivity contribution in [2.75, 3.05) is 26.4 Å². The van der Waals surface area contributed by atoms with E-state index in [9.17, 15) is 9.59 Å². The maximum atomic E-state index is 12.5. The molecule has 0 radical (unpaired) electrons. The summed E-state index contributed by atoms with van der Waals surface area (Å²) in [7, 11) is 0. The standard InChI is InChI=1S/C23H25NO6/c1-15(16-3-6-19-21(13-16)28-10-2-9-27-19)24-23(26)8-5-18(25)17-4-7-20-22(14-17)30-12-11-29-20/h3-4,6-7,13-15H,2,5,8-12H2,1H3,(H,24,26)/t15-/m1/s1. The van der Waals surface area contributed by atoms with E-state index < -0.39 is 0 Å². The Hall–Kier alpha value is -3.22. The van der Waals surface area contributed by atoms with Crippen molar-refractivity contribution in [2.24, 2.45) is 0 Å². The smallest absolute Gasteiger partial charge is 0.220 e. The van der Waals surface area contributed by atoms with Crippen molar-refractivity contribution in [2.45, 2.75) is 32.2 Å². The average molecular weight is 411 g/mol. The first-order valence-corrected chi connectivity index (χ1v) is 10.2. The summed E-state index contributed by atoms with van der Waals surface area (Å²) in [4.78, 5) is 24.9. The van der Waals surface area contributed by atoms with Crippen LogP contribution in [-0.4, -0.2) is 38.1 Å². The highest BCUT2D eigenvalue weighted by Crippen LogP contribution is 2.33. The summed E-state index contributed by atoms with van der Waals surface area (Å²) in [5, 5.41) is 2.94. The number of ketones is 1. The number of hydrogen-bond donors (Lipinski definition) is 1. The van der Waals surface area contributed by atoms with E-state index in [2.05, 4.69) is 5.32 Å². The number of Topliss-reactive ketones (excluding diaryl/α,β-unsaturated/α-hetero) is 1. The summed E-state index contributed by atoms with van der Waals surface area (Å²) in [5.41, 5.74) is 1.44. The number of benzene rings is 2. The molecule has 0 saturated heterocycles. The molecule has 0 unspecified atom stereocenters. The van der Waals surface area contributed by atoms with Crippen molar-refractivity contribution in [3.8, 4) is 23.0 Å². The van der Waals surface area contributed by atoms with Gasteiger partial charge in [-0.3, -0.25) is 9.59 Å². The molecule has 1 N–H and O–H groups in total. The zero-order chi connectivity index (χ0) is 20.9. The van der Waals surface area contributed by atoms with E-state index >= 15 is 0 Å². The summed E-state index contributed by atoms with van der Waals surface area (Å²) < 4.78 is 22.3. The molecular formula is C23H25NO6. The number of carbonyl (C=O) groups is 2. The van der Waals surface area contributed by atoms with Gasteiger partial charge in [0.25, 0.3) is 0 Å². The van der Waals surface area contributed by atoms with Gasteiger partial charge in [-0.05, 0) is 42.8 Å². The van der Waals surface area contributed by atoms with E-state index in [0.29, 0.717) is 49.2 Å². The normalized spacial score (nSPS) is 15.6. The highest BCUT2D eigenvalue weighted by molar-refractivity contribution is 5.98. The van der Waals surface area contributed by atoms with Crippen molar-refractivity contribution >= 4 is 11.7 Å². The van der Waals surface area contributed by atoms with Crippen LogP contribution in [0.1, 0.15) is 48.1 Å². The van der Waals surface area contributed by atoms with Gasteiger partial charge in [-0.1, -0.05) is 6.07 Å². The fraction of sp³-hybridized carbons (Fsp3) is 0.391. The van der Waals surface area contributed by atoms with Crippen LogP contribution in [0.3, 0.4) is 0 Å². The molecule has 0 spiro atoms. The van der Waals surface area contributed by atoms with Crippen LogP contribution in [0.25, 0.3) is 0 Å². The van der Waals surface area contributed by atoms with Crippen molar-refractivity contribution in [1.82, 2.24) is 5.32 Å². The first-order valence-electron chi connectivity index (χ1n) is 10.2. The molecule has 0 aliphatic carbocycles. The van der Waals surface area contributed by atoms with Crippen molar-refractivity contribution in [3.63, 3.8) is 0 Å². The fourth-order valence-corrected chi connectivity index (χ4v) is 3.43. The van der Waals surface area contributed by atoms with Gasteiger partial charge in [0.05, 0.1) is 19.3 Å². The number of hydrogen-bond acceptors (Lipinski definition) is 6. The third-order valence-corrected chi connectivity index (χ3v) is 5.09. The molecule has 0 aromatic heterocycles. The lowest BCUT2D eigenvalue weighted by atomic mass is 10.0. The number of rotatable bonds is 6. The van der Waals surface area contributed by atoms with E-state index in [1.807, 2.05) is 25.1 Å². The SMILES string of the molecule is C[C@@H](NC(=O)CCC(=O)c1ccc2c(c1)OCCO2)c1ccc2c(c1)OCCCO2. The molecular weight excluding hydrogens is 386 g/mol. The Morgan fingerprint density at radius 3 is 2.27 bits per heavy atom. The van der Waals surface area contributed by atoms with E-state index in [1.165, 1.54) is 0 Å². The molecule has 0 fully saturated rings. The molecule has 2 heterocycles. The van der Waals surface area contributed by atoms with Gasteiger partial charge in [-0.25, -0.2) is 0 Å². The molecule has 30 heavy (non-hydrogen) atoms. The molecule has 7 nitrogen and oxygen atoms in total. The summed E-state index contributed by atoms with van der Waals surface area (Å²) in [6.45, 7) is 4.11. The average Bonchev–Trinajstić information content (AvgIpc) is 3.02. The highest BCUT2D eigenvalue weighted by atomic mass is 16.6. The van der Waals surface area contributed by atoms with E-state index in [0.717, 1.165) is 17.7 Å². The highest BCUT2D eigenvalue weighted by Gasteiger charge is 2.18. The number of nitrogens with one attached hydrogen (secondary N) is 1. The van der Waals surface area contributed by atoms with Crippen molar-refractivity contribution in [1.29, 1.82) is 0 Å². The zero-order valence-corrected chi connectivity index (χ0v) is 16.9. The minimum atomic E-state index is -0.209. The topological polar surface area (TPSA) is 83.1 Å². The van der Waals surface area contributed by atoms with Crippen LogP contribution in [0.15, 0.2) is 36.4 Å². The molecule has 0 saturated carbocycles. The van der Waals surface area contributed by atoms with Crippen molar-refractivity contribution in [3.05, 3.63) is 47.5 Å². The first-order chi connectivity index (χ1) is 14.6. The Bertz CT molecular complexity index is 941. The second kappa shape index (κ2) is 9.07. The summed E-state index contributed by atoms with van der Waals surface area (Å²) in [6.07, 6.45) is 1.08. The Morgan fingerprint density at radius 1 is 0.833 bits per heavy atom. The lowest BCUT2D eigenvalue weighted by Crippen LogP contribution is -2.27. The molecule has 2 aromatic carbocycles. The lowest BCUT2D eigenvalue weighted by molar-refractivity contribution is -0.121. The molecule has 2 aliphatic rings. The van der Waals surface area contributed by atoms with E-state index in [4.69, 9.17) is 18.9 Å². The van der Waals surface area contributed by atoms with Gasteiger partial charge in [0, 0.05) is 24.8 Å². The first kappa shape index (κ1) is 20.1. The van der Waals surface area contributed by atoms with Gasteiger partial charge in [0.15, 0.2) is 28.8 Å². The van der Waals surface area contributed by atoms with E-state index in [-0.39, 0.29) is 30.6 Å². The van der Waals surface area contributed by atoms with Gasteiger partial charge in [0.2, 0.25) is 5.91 Å². The number of carbonyl (C=O) groups excluding carboxylic acids is 2. The Balaban J connectivity index is 1.31. The summed E-state index contributed by atoms with van der Waals surface area (Å²) in [5.74, 6) is 2.34. The molecule has 7 heteroatoms. The van der Waals surface area contributed by atoms with Gasteiger partial charge < -0.3 is 24.3 Å². The predicted octanol–water partition coefficient (Wildman–Crippen LogP) is 3.46. The monoisotopic (exact) mass is 411 g/mol. The molecule has 2 aromatic rings. The predicted molar refractivity (Wildman–Crippen MR) is 110 cm³/mol. The molecule has 0 bridgehead atoms. The van der Waals surface area contributed by atoms with Crippen LogP contribution in [-0.2, 0) is 4.79 Å². The van der Waals surface area contributed by atoms with Crippen molar-refractivity contribution < 1.29 is 28.5 Å². The molecule has 158 valence electrons. The lowest BCUT2D eigenvalue weighted by Gasteiger charge is -2.18. The molecule has 1 amide bonds. The summed E-state index contributed by atoms with van der Waals surface area (Å²) >= 11 is 0. The third-order valence-electron chi connectivity index (χ3n) is 5.09. The van der Waals surface area contributed by atoms with Crippen LogP contribution in [0.2, 0.25) is 0 Å². The number of amides is 1. The van der Waals surface area contributed by atoms with Gasteiger partial charge in [-0.15, -0.1) is 0 Å². The fourth-order valence-electron chi connectivity index (χ4n) is 3.43. The number of ether oxygens (including phenoxy) is 4. The zero-order valence-electron chi connectivity index (χ0n) is 16.9. The maximum absolute atomic E-state index is 12.5. The Labute approximate surface area is 175 Å². The van der Waals surface area contributed by atoms with Gasteiger partial charge in [-0.2, -0.15) is 0 Å². The Kier molecular flexibility index (Phi) is 6.07. The van der Waals surface area contributed by atoms with Crippen LogP contribution < -0.4 is 24.3 Å². The van der Waals surface area contributed by atoms with E-state index in [1.54, 1.807) is 18.2 Å². The van der Waals surface area contributed by atoms with Crippen LogP contribution in [0.5, 0.6) is 23.0 Å². The minimum absolute atomic E-state index is 0.106. The van der Waals surface area contributed by atoms with Gasteiger partial charge in [0.1, 0.15) is 13.2 Å². The van der Waals surface area contributed by atoms with Crippen LogP contribution in [0.4, 0.5) is 0 Å². The van der Waals surface area contributed by atoms with Gasteiger partial charge >= 0.3 is 0 Å². The number of fused-ring (bicyclic) bond motifs is 2. The molecule has 1 atom stereocenters. The molecule has 4 rings (SSSR count).